The summed E-state index contributed by atoms with van der Waals surface area (Å²) in [7, 11) is 8.21. The molecule has 0 aliphatic carbocycles. The highest BCUT2D eigenvalue weighted by atomic mass is 35.5. The number of aromatic nitrogens is 8. The number of halogens is 1. The number of anilines is 4. The zero-order valence-electron chi connectivity index (χ0n) is 63.1. The van der Waals surface area contributed by atoms with Crippen molar-refractivity contribution >= 4 is 57.3 Å². The molecular formula is C96H78ClN11O6. The van der Waals surface area contributed by atoms with Crippen LogP contribution >= 0.6 is 11.6 Å². The molecule has 0 amide bonds. The van der Waals surface area contributed by atoms with Crippen molar-refractivity contribution < 1.29 is 28.5 Å². The molecule has 17 nitrogen and oxygen atoms in total. The van der Waals surface area contributed by atoms with Crippen LogP contribution in [0.25, 0.3) is 106 Å². The molecule has 1 aliphatic heterocycles. The third-order valence-electron chi connectivity index (χ3n) is 19.2. The van der Waals surface area contributed by atoms with E-state index < -0.39 is 0 Å². The summed E-state index contributed by atoms with van der Waals surface area (Å²) in [4.78, 5) is 24.2. The maximum Gasteiger partial charge on any atom is 0.280 e. The van der Waals surface area contributed by atoms with E-state index in [9.17, 15) is 4.79 Å². The molecule has 12 aromatic carbocycles. The summed E-state index contributed by atoms with van der Waals surface area (Å²) in [5.74, 6) is 3.88. The van der Waals surface area contributed by atoms with Crippen molar-refractivity contribution in [3.63, 3.8) is 0 Å². The van der Waals surface area contributed by atoms with Crippen molar-refractivity contribution in [1.29, 1.82) is 0 Å². The number of nitrogens with zero attached hydrogens (tertiary/aromatic N) is 8. The number of para-hydroxylation sites is 3. The molecule has 0 spiro atoms. The van der Waals surface area contributed by atoms with Gasteiger partial charge in [-0.05, 0) is 106 Å². The van der Waals surface area contributed by atoms with Gasteiger partial charge in [-0.1, -0.05) is 285 Å². The van der Waals surface area contributed by atoms with Gasteiger partial charge in [0.25, 0.3) is 5.91 Å². The highest BCUT2D eigenvalue weighted by molar-refractivity contribution is 6.32. The van der Waals surface area contributed by atoms with E-state index in [2.05, 4.69) is 47.0 Å². The highest BCUT2D eigenvalue weighted by Crippen LogP contribution is 2.46. The first-order valence-corrected chi connectivity index (χ1v) is 37.2. The van der Waals surface area contributed by atoms with Crippen LogP contribution in [0.3, 0.4) is 0 Å². The lowest BCUT2D eigenvalue weighted by Crippen LogP contribution is -2.26. The molecule has 5 aromatic heterocycles. The monoisotopic (exact) mass is 1520 g/mol. The minimum absolute atomic E-state index is 0.163. The Bertz CT molecular complexity index is 6150. The van der Waals surface area contributed by atoms with Crippen molar-refractivity contribution in [2.75, 3.05) is 51.9 Å². The molecule has 18 heteroatoms. The van der Waals surface area contributed by atoms with Crippen LogP contribution in [0.15, 0.2) is 351 Å². The molecule has 17 aromatic rings. The molecular weight excluding hydrogens is 1440 g/mol. The van der Waals surface area contributed by atoms with Crippen LogP contribution in [0.5, 0.6) is 29.0 Å². The number of nitrogens with two attached hydrogens (primary N) is 1. The van der Waals surface area contributed by atoms with Crippen LogP contribution in [0.2, 0.25) is 5.15 Å². The lowest BCUT2D eigenvalue weighted by atomic mass is 9.92. The Morgan fingerprint density at radius 2 is 0.658 bits per heavy atom. The minimum Gasteiger partial charge on any atom is -0.497 e. The number of carbonyl (C=O) groups is 1. The molecule has 114 heavy (non-hydrogen) atoms. The quantitative estimate of drug-likeness (QED) is 0.0543. The van der Waals surface area contributed by atoms with Gasteiger partial charge in [0.2, 0.25) is 11.8 Å². The summed E-state index contributed by atoms with van der Waals surface area (Å²) in [5.41, 5.74) is 27.0. The zero-order chi connectivity index (χ0) is 78.3. The van der Waals surface area contributed by atoms with Crippen LogP contribution in [0, 0.1) is 0 Å². The number of nitrogens with one attached hydrogen (secondary N) is 2. The molecule has 0 unspecified atom stereocenters. The summed E-state index contributed by atoms with van der Waals surface area (Å²) < 4.78 is 33.1. The number of allylic oxidation sites excluding steroid dienone is 2. The van der Waals surface area contributed by atoms with Gasteiger partial charge in [-0.3, -0.25) is 4.79 Å². The van der Waals surface area contributed by atoms with Crippen molar-refractivity contribution in [3.8, 4) is 118 Å². The van der Waals surface area contributed by atoms with E-state index >= 15 is 0 Å². The molecule has 0 bridgehead atoms. The molecule has 4 N–H and O–H groups in total. The number of methoxy groups -OCH3 is 5. The van der Waals surface area contributed by atoms with Crippen molar-refractivity contribution in [3.05, 3.63) is 368 Å². The molecule has 0 fully saturated rings. The molecule has 560 valence electrons. The van der Waals surface area contributed by atoms with E-state index in [4.69, 9.17) is 66.3 Å². The fraction of sp³-hybridized carbons (Fsp3) is 0.0625. The Kier molecular flexibility index (Phi) is 22.8. The minimum atomic E-state index is -0.163. The number of carbonyl (C=O) groups excluding carboxylic acids is 1. The first-order valence-electron chi connectivity index (χ1n) is 36.9. The summed E-state index contributed by atoms with van der Waals surface area (Å²) in [6.45, 7) is 0. The zero-order valence-corrected chi connectivity index (χ0v) is 63.9. The van der Waals surface area contributed by atoms with Crippen molar-refractivity contribution in [2.24, 2.45) is 0 Å². The summed E-state index contributed by atoms with van der Waals surface area (Å²) in [5, 5.41) is 22.3. The SMILES string of the molecule is COc1ccc(-c2c(Cl)nc3c(-c4ccccc4)c(-c4ccccc4)nn3c2OC)cc1.COc1ccc(-c2c(Nc3ccccc3)nc3c(-c4ccccc4)c(-c4ccccc4)nn3c2OC)cc1.COc1ccc(C2=C(Nc3ccccc3)Cc3c(-c4ccccc4)c(-c4ccccc4)nn3C2=O)cc1.Nc1ccccc1. The van der Waals surface area contributed by atoms with Gasteiger partial charge in [-0.15, -0.1) is 0 Å². The van der Waals surface area contributed by atoms with Gasteiger partial charge in [0.1, 0.15) is 45.3 Å². The van der Waals surface area contributed by atoms with Gasteiger partial charge < -0.3 is 40.1 Å². The number of hydrogen-bond acceptors (Lipinski definition) is 14. The largest absolute Gasteiger partial charge is 0.497 e. The van der Waals surface area contributed by atoms with Gasteiger partial charge in [0.15, 0.2) is 11.3 Å². The second-order valence-electron chi connectivity index (χ2n) is 26.2. The van der Waals surface area contributed by atoms with Crippen LogP contribution < -0.4 is 40.1 Å². The Morgan fingerprint density at radius 1 is 0.333 bits per heavy atom. The summed E-state index contributed by atoms with van der Waals surface area (Å²) >= 11 is 6.75. The van der Waals surface area contributed by atoms with Gasteiger partial charge in [-0.2, -0.15) is 29.0 Å². The molecule has 18 rings (SSSR count). The molecule has 6 heterocycles. The third kappa shape index (κ3) is 16.0. The number of fused-ring (bicyclic) bond motifs is 3. The molecule has 0 saturated heterocycles. The Hall–Kier alpha value is -14.8. The predicted molar refractivity (Wildman–Crippen MR) is 458 cm³/mol. The Labute approximate surface area is 665 Å². The van der Waals surface area contributed by atoms with Crippen molar-refractivity contribution in [2.45, 2.75) is 6.42 Å². The summed E-state index contributed by atoms with van der Waals surface area (Å²) in [6.07, 6.45) is 0.520. The molecule has 0 radical (unpaired) electrons. The fourth-order valence-corrected chi connectivity index (χ4v) is 14.1. The average Bonchev–Trinajstić information content (AvgIpc) is 1.58. The Balaban J connectivity index is 0.000000129. The van der Waals surface area contributed by atoms with Gasteiger partial charge in [-0.25, -0.2) is 9.97 Å². The van der Waals surface area contributed by atoms with E-state index in [1.54, 1.807) is 49.3 Å². The number of rotatable bonds is 18. The second-order valence-corrected chi connectivity index (χ2v) is 26.6. The highest BCUT2D eigenvalue weighted by Gasteiger charge is 2.34. The van der Waals surface area contributed by atoms with Gasteiger partial charge in [0, 0.05) is 51.4 Å². The van der Waals surface area contributed by atoms with E-state index in [1.807, 2.05) is 309 Å². The average molecular weight is 1520 g/mol. The normalized spacial score (nSPS) is 11.4. The maximum absolute atomic E-state index is 14.2. The number of nitrogen functional groups attached to an aromatic ring is 1. The lowest BCUT2D eigenvalue weighted by molar-refractivity contribution is 0.0958. The number of hydrogen-bond donors (Lipinski definition) is 3. The molecule has 0 atom stereocenters. The first-order chi connectivity index (χ1) is 56.1. The first kappa shape index (κ1) is 74.6. The number of benzene rings is 12. The number of ether oxygens (including phenoxy) is 5. The summed E-state index contributed by atoms with van der Waals surface area (Å²) in [6, 6.07) is 113. The van der Waals surface area contributed by atoms with E-state index in [0.29, 0.717) is 51.6 Å². The molecule has 0 saturated carbocycles. The van der Waals surface area contributed by atoms with Gasteiger partial charge >= 0.3 is 0 Å². The second kappa shape index (κ2) is 34.8. The Morgan fingerprint density at radius 3 is 1.04 bits per heavy atom. The van der Waals surface area contributed by atoms with E-state index in [1.165, 1.54) is 0 Å². The molecule has 1 aliphatic rings. The third-order valence-corrected chi connectivity index (χ3v) is 19.5. The topological polar surface area (TPSA) is 192 Å². The van der Waals surface area contributed by atoms with Crippen LogP contribution in [-0.2, 0) is 6.42 Å². The fourth-order valence-electron chi connectivity index (χ4n) is 13.8. The lowest BCUT2D eigenvalue weighted by Gasteiger charge is -2.23. The standard InChI is InChI=1S/C32H26N4O2.C32H25N3O2.C26H20ClN3O2.C6H7N/c1-37-26-20-18-23(19-21-26)28-30(33-25-16-10-5-11-17-25)34-31-27(22-12-6-3-7-13-22)29(24-14-8-4-9-15-24)35-36(31)32(28)38-2;1-37-26-19-17-23(18-20-26)29-27(33-25-15-9-4-10-16-25)21-28-30(22-11-5-2-6-12-22)31(34-35(28)32(29)36)24-13-7-3-8-14-24;1-31-20-15-13-18(14-16-20)22-24(27)28-25-21(17-9-5-3-6-10-17)23(19-11-7-4-8-12-19)29-30(25)26(22)32-2;7-6-4-2-1-3-5-6/h3-21H,1-2H3,(H,33,34);2-20,33H,21H2,1H3;3-16H,1-2H3;1-5H,7H2. The predicted octanol–water partition coefficient (Wildman–Crippen LogP) is 22.1. The maximum atomic E-state index is 14.2. The van der Waals surface area contributed by atoms with Crippen LogP contribution in [0.1, 0.15) is 16.1 Å². The smallest absolute Gasteiger partial charge is 0.280 e. The van der Waals surface area contributed by atoms with Gasteiger partial charge in [0.05, 0.1) is 69.1 Å². The van der Waals surface area contributed by atoms with Crippen LogP contribution in [0.4, 0.5) is 22.9 Å². The van der Waals surface area contributed by atoms with E-state index in [-0.39, 0.29) is 5.91 Å². The van der Waals surface area contributed by atoms with Crippen molar-refractivity contribution in [1.82, 2.24) is 39.0 Å². The van der Waals surface area contributed by atoms with Crippen LogP contribution in [-0.4, -0.2) is 80.4 Å². The van der Waals surface area contributed by atoms with E-state index in [0.717, 1.165) is 135 Å².